The Labute approximate surface area is 104 Å². The van der Waals surface area contributed by atoms with Crippen molar-refractivity contribution in [2.75, 3.05) is 19.7 Å². The van der Waals surface area contributed by atoms with Crippen LogP contribution in [0, 0.1) is 12.8 Å². The lowest BCUT2D eigenvalue weighted by Crippen LogP contribution is -3.00. The van der Waals surface area contributed by atoms with Crippen LogP contribution in [0.3, 0.4) is 0 Å². The highest BCUT2D eigenvalue weighted by Gasteiger charge is 2.13. The molecule has 0 bridgehead atoms. The number of piperidine rings is 1. The van der Waals surface area contributed by atoms with Gasteiger partial charge >= 0.3 is 0 Å². The third-order valence-corrected chi connectivity index (χ3v) is 3.03. The van der Waals surface area contributed by atoms with E-state index in [2.05, 4.69) is 24.4 Å². The molecule has 0 atom stereocenters. The molecular weight excluding hydrogens is 222 g/mol. The molecule has 0 unspecified atom stereocenters. The van der Waals surface area contributed by atoms with Gasteiger partial charge in [-0.05, 0) is 50.4 Å². The van der Waals surface area contributed by atoms with Gasteiger partial charge in [-0.25, -0.2) is 0 Å². The van der Waals surface area contributed by atoms with Crippen molar-refractivity contribution in [3.05, 3.63) is 29.8 Å². The summed E-state index contributed by atoms with van der Waals surface area (Å²) in [5, 5.41) is 3.37. The molecule has 1 aliphatic rings. The Bertz CT molecular complexity index is 311. The first-order valence-electron chi connectivity index (χ1n) is 5.75. The molecule has 2 rings (SSSR count). The van der Waals surface area contributed by atoms with Crippen LogP contribution < -0.4 is 22.5 Å². The Morgan fingerprint density at radius 3 is 2.62 bits per heavy atom. The van der Waals surface area contributed by atoms with Crippen molar-refractivity contribution < 1.29 is 17.1 Å². The molecule has 1 N–H and O–H groups in total. The van der Waals surface area contributed by atoms with Gasteiger partial charge in [-0.15, -0.1) is 0 Å². The van der Waals surface area contributed by atoms with E-state index in [0.717, 1.165) is 31.4 Å². The first kappa shape index (κ1) is 13.3. The summed E-state index contributed by atoms with van der Waals surface area (Å²) < 4.78 is 5.85. The number of nitrogens with one attached hydrogen (secondary N) is 1. The zero-order valence-corrected chi connectivity index (χ0v) is 10.5. The minimum absolute atomic E-state index is 0. The highest BCUT2D eigenvalue weighted by molar-refractivity contribution is 5.31. The largest absolute Gasteiger partial charge is 1.00 e. The zero-order valence-electron chi connectivity index (χ0n) is 9.71. The summed E-state index contributed by atoms with van der Waals surface area (Å²) in [7, 11) is 0. The fraction of sp³-hybridized carbons (Fsp3) is 0.538. The van der Waals surface area contributed by atoms with Gasteiger partial charge < -0.3 is 22.5 Å². The van der Waals surface area contributed by atoms with Crippen LogP contribution in [0.5, 0.6) is 5.75 Å². The van der Waals surface area contributed by atoms with Gasteiger partial charge in [0.15, 0.2) is 0 Å². The van der Waals surface area contributed by atoms with E-state index in [1.165, 1.54) is 18.4 Å². The SMILES string of the molecule is Cc1ccccc1OCC1CCNCC1.[Cl-]. The summed E-state index contributed by atoms with van der Waals surface area (Å²) in [6, 6.07) is 8.23. The highest BCUT2D eigenvalue weighted by atomic mass is 35.5. The van der Waals surface area contributed by atoms with Crippen LogP contribution in [0.2, 0.25) is 0 Å². The monoisotopic (exact) mass is 240 g/mol. The molecule has 0 amide bonds. The Kier molecular flexibility index (Phi) is 5.64. The molecule has 0 aromatic heterocycles. The molecule has 0 saturated carbocycles. The Balaban J connectivity index is 0.00000128. The van der Waals surface area contributed by atoms with Crippen LogP contribution in [0.4, 0.5) is 0 Å². The summed E-state index contributed by atoms with van der Waals surface area (Å²) >= 11 is 0. The van der Waals surface area contributed by atoms with Crippen LogP contribution in [-0.2, 0) is 0 Å². The number of hydrogen-bond donors (Lipinski definition) is 1. The second-order valence-corrected chi connectivity index (χ2v) is 4.27. The Hall–Kier alpha value is -0.730. The number of benzene rings is 1. The minimum atomic E-state index is 0. The fourth-order valence-corrected chi connectivity index (χ4v) is 1.97. The van der Waals surface area contributed by atoms with Crippen LogP contribution in [0.15, 0.2) is 24.3 Å². The highest BCUT2D eigenvalue weighted by Crippen LogP contribution is 2.19. The van der Waals surface area contributed by atoms with Crippen LogP contribution in [0.25, 0.3) is 0 Å². The van der Waals surface area contributed by atoms with Gasteiger partial charge in [0.1, 0.15) is 5.75 Å². The summed E-state index contributed by atoms with van der Waals surface area (Å²) in [6.45, 7) is 5.24. The molecule has 3 heteroatoms. The smallest absolute Gasteiger partial charge is 0.122 e. The molecule has 2 nitrogen and oxygen atoms in total. The average Bonchev–Trinajstić information content (AvgIpc) is 2.29. The maximum Gasteiger partial charge on any atom is 0.122 e. The predicted octanol–water partition coefficient (Wildman–Crippen LogP) is -0.623. The molecule has 0 spiro atoms. The Morgan fingerprint density at radius 1 is 1.25 bits per heavy atom. The maximum absolute atomic E-state index is 5.85. The molecular formula is C13H19ClNO-. The Morgan fingerprint density at radius 2 is 1.94 bits per heavy atom. The zero-order chi connectivity index (χ0) is 10.5. The van der Waals surface area contributed by atoms with Gasteiger partial charge in [-0.3, -0.25) is 0 Å². The van der Waals surface area contributed by atoms with E-state index >= 15 is 0 Å². The average molecular weight is 241 g/mol. The molecule has 1 aromatic rings. The van der Waals surface area contributed by atoms with Crippen molar-refractivity contribution in [1.29, 1.82) is 0 Å². The quantitative estimate of drug-likeness (QED) is 0.761. The number of ether oxygens (including phenoxy) is 1. The number of hydrogen-bond acceptors (Lipinski definition) is 2. The number of para-hydroxylation sites is 1. The summed E-state index contributed by atoms with van der Waals surface area (Å²) in [5.41, 5.74) is 1.23. The first-order valence-corrected chi connectivity index (χ1v) is 5.75. The van der Waals surface area contributed by atoms with Gasteiger partial charge in [0, 0.05) is 0 Å². The van der Waals surface area contributed by atoms with Gasteiger partial charge in [-0.1, -0.05) is 18.2 Å². The first-order chi connectivity index (χ1) is 7.36. The van der Waals surface area contributed by atoms with Crippen LogP contribution in [0.1, 0.15) is 18.4 Å². The normalized spacial score (nSPS) is 16.6. The van der Waals surface area contributed by atoms with Crippen molar-refractivity contribution in [2.45, 2.75) is 19.8 Å². The van der Waals surface area contributed by atoms with Crippen molar-refractivity contribution in [3.63, 3.8) is 0 Å². The topological polar surface area (TPSA) is 21.3 Å². The second-order valence-electron chi connectivity index (χ2n) is 4.27. The summed E-state index contributed by atoms with van der Waals surface area (Å²) in [5.74, 6) is 1.77. The molecule has 1 fully saturated rings. The van der Waals surface area contributed by atoms with Crippen molar-refractivity contribution in [1.82, 2.24) is 5.32 Å². The lowest BCUT2D eigenvalue weighted by atomic mass is 9.99. The number of aryl methyl sites for hydroxylation is 1. The molecule has 0 aliphatic carbocycles. The predicted molar refractivity (Wildman–Crippen MR) is 62.3 cm³/mol. The van der Waals surface area contributed by atoms with E-state index in [1.54, 1.807) is 0 Å². The number of halogens is 1. The van der Waals surface area contributed by atoms with Crippen molar-refractivity contribution in [3.8, 4) is 5.75 Å². The van der Waals surface area contributed by atoms with Crippen LogP contribution >= 0.6 is 0 Å². The van der Waals surface area contributed by atoms with E-state index in [1.807, 2.05) is 12.1 Å². The lowest BCUT2D eigenvalue weighted by molar-refractivity contribution is -0.00000354. The van der Waals surface area contributed by atoms with Gasteiger partial charge in [-0.2, -0.15) is 0 Å². The van der Waals surface area contributed by atoms with E-state index in [-0.39, 0.29) is 12.4 Å². The third-order valence-electron chi connectivity index (χ3n) is 3.03. The third kappa shape index (κ3) is 3.69. The van der Waals surface area contributed by atoms with E-state index in [9.17, 15) is 0 Å². The van der Waals surface area contributed by atoms with Crippen molar-refractivity contribution >= 4 is 0 Å². The van der Waals surface area contributed by atoms with Crippen molar-refractivity contribution in [2.24, 2.45) is 5.92 Å². The van der Waals surface area contributed by atoms with E-state index < -0.39 is 0 Å². The van der Waals surface area contributed by atoms with E-state index in [0.29, 0.717) is 0 Å². The van der Waals surface area contributed by atoms with Crippen LogP contribution in [-0.4, -0.2) is 19.7 Å². The van der Waals surface area contributed by atoms with Gasteiger partial charge in [0.2, 0.25) is 0 Å². The number of rotatable bonds is 3. The molecule has 1 saturated heterocycles. The standard InChI is InChI=1S/C13H19NO.ClH/c1-11-4-2-3-5-13(11)15-10-12-6-8-14-9-7-12;/h2-5,12,14H,6-10H2,1H3;1H/p-1. The lowest BCUT2D eigenvalue weighted by Gasteiger charge is -2.23. The molecule has 1 aromatic carbocycles. The molecule has 16 heavy (non-hydrogen) atoms. The second kappa shape index (κ2) is 6.77. The molecule has 1 aliphatic heterocycles. The fourth-order valence-electron chi connectivity index (χ4n) is 1.97. The summed E-state index contributed by atoms with van der Waals surface area (Å²) in [6.07, 6.45) is 2.48. The minimum Gasteiger partial charge on any atom is -1.00 e. The van der Waals surface area contributed by atoms with E-state index in [4.69, 9.17) is 4.74 Å². The molecule has 0 radical (unpaired) electrons. The molecule has 90 valence electrons. The molecule has 1 heterocycles. The summed E-state index contributed by atoms with van der Waals surface area (Å²) in [4.78, 5) is 0. The van der Waals surface area contributed by atoms with Gasteiger partial charge in [0.25, 0.3) is 0 Å². The maximum atomic E-state index is 5.85. The van der Waals surface area contributed by atoms with Gasteiger partial charge in [0.05, 0.1) is 6.61 Å².